The van der Waals surface area contributed by atoms with Gasteiger partial charge in [0.2, 0.25) is 10.0 Å². The molecule has 1 aliphatic carbocycles. The Morgan fingerprint density at radius 2 is 1.68 bits per heavy atom. The van der Waals surface area contributed by atoms with E-state index in [2.05, 4.69) is 28.1 Å². The number of sulfonamides is 1. The van der Waals surface area contributed by atoms with Crippen molar-refractivity contribution in [2.45, 2.75) is 24.6 Å². The van der Waals surface area contributed by atoms with Gasteiger partial charge in [0.05, 0.1) is 15.5 Å². The molecule has 0 bridgehead atoms. The second-order valence-electron chi connectivity index (χ2n) is 8.97. The zero-order valence-electron chi connectivity index (χ0n) is 17.2. The molecular weight excluding hydrogens is 430 g/mol. The minimum atomic E-state index is -3.03. The smallest absolute Gasteiger partial charge is 0.279 e. The number of fused-ring (bicyclic) bond motifs is 2. The highest BCUT2D eigenvalue weighted by atomic mass is 32.2. The number of thiazole rings is 1. The molecule has 3 aliphatic rings. The summed E-state index contributed by atoms with van der Waals surface area (Å²) in [6.45, 7) is 4.25. The van der Waals surface area contributed by atoms with Crippen molar-refractivity contribution < 1.29 is 13.2 Å². The maximum atomic E-state index is 12.5. The van der Waals surface area contributed by atoms with Crippen LogP contribution in [0.2, 0.25) is 0 Å². The Balaban J connectivity index is 1.05. The number of aromatic nitrogens is 1. The Hall–Kier alpha value is -2.00. The summed E-state index contributed by atoms with van der Waals surface area (Å²) in [5.74, 6) is 1.73. The third kappa shape index (κ3) is 3.86. The molecule has 2 saturated heterocycles. The van der Waals surface area contributed by atoms with Crippen LogP contribution in [-0.4, -0.2) is 54.0 Å². The van der Waals surface area contributed by atoms with Gasteiger partial charge in [-0.05, 0) is 54.5 Å². The van der Waals surface area contributed by atoms with Gasteiger partial charge in [-0.15, -0.1) is 0 Å². The van der Waals surface area contributed by atoms with E-state index in [1.165, 1.54) is 5.56 Å². The van der Waals surface area contributed by atoms with Gasteiger partial charge in [-0.25, -0.2) is 17.7 Å². The Morgan fingerprint density at radius 1 is 0.968 bits per heavy atom. The summed E-state index contributed by atoms with van der Waals surface area (Å²) < 4.78 is 33.9. The minimum absolute atomic E-state index is 0.0917. The van der Waals surface area contributed by atoms with E-state index in [-0.39, 0.29) is 5.25 Å². The molecule has 8 heteroatoms. The number of ether oxygens (including phenoxy) is 1. The average Bonchev–Trinajstić information content (AvgIpc) is 3.28. The quantitative estimate of drug-likeness (QED) is 0.563. The summed E-state index contributed by atoms with van der Waals surface area (Å²) in [7, 11) is -3.03. The zero-order chi connectivity index (χ0) is 21.0. The standard InChI is InChI=1S/C23H25N3O3S2/c27-31(28,20-9-10-20)26-14-17-12-25(13-18(17)15-26)11-16-5-7-19(8-6-16)29-23-24-21-3-1-2-4-22(21)30-23/h1-8,17-18,20H,9-15H2. The van der Waals surface area contributed by atoms with Gasteiger partial charge in [0.25, 0.3) is 5.19 Å². The lowest BCUT2D eigenvalue weighted by Gasteiger charge is -2.21. The van der Waals surface area contributed by atoms with Crippen molar-refractivity contribution in [3.63, 3.8) is 0 Å². The first-order valence-corrected chi connectivity index (χ1v) is 13.2. The van der Waals surface area contributed by atoms with Crippen molar-refractivity contribution >= 4 is 31.6 Å². The van der Waals surface area contributed by atoms with Gasteiger partial charge in [-0.2, -0.15) is 0 Å². The van der Waals surface area contributed by atoms with Gasteiger partial charge < -0.3 is 4.74 Å². The van der Waals surface area contributed by atoms with E-state index in [1.807, 2.05) is 30.3 Å². The first-order valence-electron chi connectivity index (χ1n) is 10.9. The molecule has 2 atom stereocenters. The van der Waals surface area contributed by atoms with Crippen LogP contribution < -0.4 is 4.74 Å². The fraction of sp³-hybridized carbons (Fsp3) is 0.435. The van der Waals surface area contributed by atoms with E-state index in [0.717, 1.165) is 48.4 Å². The SMILES string of the molecule is O=S(=O)(C1CC1)N1CC2CN(Cc3ccc(Oc4nc5ccccc5s4)cc3)CC2C1. The van der Waals surface area contributed by atoms with E-state index < -0.39 is 10.0 Å². The first-order chi connectivity index (χ1) is 15.0. The molecule has 3 aromatic rings. The number of para-hydroxylation sites is 1. The van der Waals surface area contributed by atoms with Crippen molar-refractivity contribution in [2.24, 2.45) is 11.8 Å². The Labute approximate surface area is 186 Å². The van der Waals surface area contributed by atoms with Crippen LogP contribution in [0, 0.1) is 11.8 Å². The normalized spacial score (nSPS) is 24.6. The maximum absolute atomic E-state index is 12.5. The molecule has 0 spiro atoms. The first kappa shape index (κ1) is 19.7. The molecule has 6 rings (SSSR count). The van der Waals surface area contributed by atoms with Gasteiger partial charge in [0, 0.05) is 32.7 Å². The molecule has 2 aromatic carbocycles. The fourth-order valence-electron chi connectivity index (χ4n) is 4.88. The Bertz CT molecular complexity index is 1160. The molecule has 1 aromatic heterocycles. The van der Waals surface area contributed by atoms with E-state index in [4.69, 9.17) is 4.74 Å². The largest absolute Gasteiger partial charge is 0.431 e. The van der Waals surface area contributed by atoms with E-state index in [1.54, 1.807) is 15.6 Å². The lowest BCUT2D eigenvalue weighted by Crippen LogP contribution is -2.35. The number of benzene rings is 2. The number of hydrogen-bond donors (Lipinski definition) is 0. The molecule has 6 nitrogen and oxygen atoms in total. The Kier molecular flexibility index (Phi) is 4.79. The van der Waals surface area contributed by atoms with Crippen molar-refractivity contribution in [1.82, 2.24) is 14.2 Å². The highest BCUT2D eigenvalue weighted by Crippen LogP contribution is 2.38. The van der Waals surface area contributed by atoms with Crippen LogP contribution in [0.4, 0.5) is 0 Å². The molecule has 2 unspecified atom stereocenters. The lowest BCUT2D eigenvalue weighted by atomic mass is 10.0. The third-order valence-electron chi connectivity index (χ3n) is 6.64. The van der Waals surface area contributed by atoms with Gasteiger partial charge in [0.1, 0.15) is 5.75 Å². The van der Waals surface area contributed by atoms with Crippen LogP contribution in [0.25, 0.3) is 10.2 Å². The molecule has 3 fully saturated rings. The van der Waals surface area contributed by atoms with Crippen molar-refractivity contribution in [2.75, 3.05) is 26.2 Å². The van der Waals surface area contributed by atoms with E-state index >= 15 is 0 Å². The van der Waals surface area contributed by atoms with Gasteiger partial charge in [0.15, 0.2) is 0 Å². The third-order valence-corrected chi connectivity index (χ3v) is 9.89. The molecule has 1 saturated carbocycles. The zero-order valence-corrected chi connectivity index (χ0v) is 18.8. The monoisotopic (exact) mass is 455 g/mol. The lowest BCUT2D eigenvalue weighted by molar-refractivity contribution is 0.289. The van der Waals surface area contributed by atoms with Crippen LogP contribution in [0.5, 0.6) is 10.9 Å². The summed E-state index contributed by atoms with van der Waals surface area (Å²) in [5.41, 5.74) is 2.21. The summed E-state index contributed by atoms with van der Waals surface area (Å²) >= 11 is 1.55. The highest BCUT2D eigenvalue weighted by Gasteiger charge is 2.48. The molecule has 0 radical (unpaired) electrons. The van der Waals surface area contributed by atoms with Gasteiger partial charge in [-0.1, -0.05) is 35.6 Å². The molecule has 2 aliphatic heterocycles. The molecule has 3 heterocycles. The molecule has 31 heavy (non-hydrogen) atoms. The van der Waals surface area contributed by atoms with Crippen LogP contribution in [-0.2, 0) is 16.6 Å². The second kappa shape index (κ2) is 7.55. The maximum Gasteiger partial charge on any atom is 0.279 e. The van der Waals surface area contributed by atoms with Crippen molar-refractivity contribution in [3.05, 3.63) is 54.1 Å². The van der Waals surface area contributed by atoms with Gasteiger partial charge in [-0.3, -0.25) is 4.90 Å². The predicted molar refractivity (Wildman–Crippen MR) is 122 cm³/mol. The molecule has 0 N–H and O–H groups in total. The number of likely N-dealkylation sites (tertiary alicyclic amines) is 1. The van der Waals surface area contributed by atoms with Crippen molar-refractivity contribution in [3.8, 4) is 10.9 Å². The number of hydrogen-bond acceptors (Lipinski definition) is 6. The topological polar surface area (TPSA) is 62.7 Å². The average molecular weight is 456 g/mol. The van der Waals surface area contributed by atoms with Crippen LogP contribution in [0.15, 0.2) is 48.5 Å². The summed E-state index contributed by atoms with van der Waals surface area (Å²) in [5, 5.41) is 0.568. The number of rotatable bonds is 6. The molecular formula is C23H25N3O3S2. The van der Waals surface area contributed by atoms with Crippen LogP contribution >= 0.6 is 11.3 Å². The Morgan fingerprint density at radius 3 is 2.35 bits per heavy atom. The predicted octanol–water partition coefficient (Wildman–Crippen LogP) is 3.94. The van der Waals surface area contributed by atoms with Crippen LogP contribution in [0.3, 0.4) is 0 Å². The second-order valence-corrected chi connectivity index (χ2v) is 12.2. The highest BCUT2D eigenvalue weighted by molar-refractivity contribution is 7.90. The van der Waals surface area contributed by atoms with Gasteiger partial charge >= 0.3 is 0 Å². The summed E-state index contributed by atoms with van der Waals surface area (Å²) in [6.07, 6.45) is 1.69. The van der Waals surface area contributed by atoms with E-state index in [9.17, 15) is 8.42 Å². The van der Waals surface area contributed by atoms with Crippen molar-refractivity contribution in [1.29, 1.82) is 0 Å². The summed E-state index contributed by atoms with van der Waals surface area (Å²) in [6, 6.07) is 16.3. The summed E-state index contributed by atoms with van der Waals surface area (Å²) in [4.78, 5) is 6.98. The van der Waals surface area contributed by atoms with Crippen LogP contribution in [0.1, 0.15) is 18.4 Å². The molecule has 0 amide bonds. The van der Waals surface area contributed by atoms with E-state index in [0.29, 0.717) is 30.1 Å². The minimum Gasteiger partial charge on any atom is -0.431 e. The molecule has 162 valence electrons. The number of nitrogens with zero attached hydrogens (tertiary/aromatic N) is 3. The fourth-order valence-corrected chi connectivity index (χ4v) is 7.66.